The Hall–Kier alpha value is -2.29. The zero-order chi connectivity index (χ0) is 17.8. The molecule has 0 aliphatic rings. The van der Waals surface area contributed by atoms with Crippen molar-refractivity contribution in [3.05, 3.63) is 59.4 Å². The number of nitrogens with zero attached hydrogens (tertiary/aromatic N) is 2. The molecule has 1 aromatic heterocycles. The molecule has 0 spiro atoms. The Morgan fingerprint density at radius 3 is 2.64 bits per heavy atom. The second-order valence-corrected chi connectivity index (χ2v) is 7.05. The lowest BCUT2D eigenvalue weighted by Gasteiger charge is -2.15. The molecule has 0 radical (unpaired) electrons. The van der Waals surface area contributed by atoms with Crippen molar-refractivity contribution < 1.29 is 4.74 Å². The van der Waals surface area contributed by atoms with Crippen LogP contribution in [-0.4, -0.2) is 16.2 Å². The van der Waals surface area contributed by atoms with Gasteiger partial charge in [0.05, 0.1) is 17.6 Å². The van der Waals surface area contributed by atoms with Gasteiger partial charge >= 0.3 is 0 Å². The van der Waals surface area contributed by atoms with E-state index in [4.69, 9.17) is 4.74 Å². The normalized spacial score (nSPS) is 11.4. The third-order valence-electron chi connectivity index (χ3n) is 4.67. The molecule has 1 heterocycles. The zero-order valence-corrected chi connectivity index (χ0v) is 15.7. The van der Waals surface area contributed by atoms with Crippen LogP contribution in [0.2, 0.25) is 0 Å². The van der Waals surface area contributed by atoms with E-state index in [1.165, 1.54) is 16.6 Å². The van der Waals surface area contributed by atoms with Crippen LogP contribution in [0.25, 0.3) is 11.0 Å². The number of fused-ring (bicyclic) bond motifs is 1. The van der Waals surface area contributed by atoms with Gasteiger partial charge in [-0.05, 0) is 61.9 Å². The summed E-state index contributed by atoms with van der Waals surface area (Å²) in [6.07, 6.45) is 2.13. The average Bonchev–Trinajstić information content (AvgIpc) is 2.90. The fourth-order valence-corrected chi connectivity index (χ4v) is 3.28. The van der Waals surface area contributed by atoms with Crippen LogP contribution in [0, 0.1) is 13.8 Å². The maximum atomic E-state index is 6.09. The van der Waals surface area contributed by atoms with Crippen molar-refractivity contribution in [3.63, 3.8) is 0 Å². The Labute approximate surface area is 150 Å². The molecular formula is C22H28N2O. The van der Waals surface area contributed by atoms with Gasteiger partial charge in [-0.3, -0.25) is 0 Å². The van der Waals surface area contributed by atoms with Crippen LogP contribution in [0.1, 0.15) is 49.6 Å². The third kappa shape index (κ3) is 4.04. The molecule has 0 fully saturated rings. The summed E-state index contributed by atoms with van der Waals surface area (Å²) in [5, 5.41) is 0. The Kier molecular flexibility index (Phi) is 5.42. The van der Waals surface area contributed by atoms with E-state index in [1.54, 1.807) is 0 Å². The zero-order valence-electron chi connectivity index (χ0n) is 15.7. The Morgan fingerprint density at radius 1 is 1.04 bits per heavy atom. The lowest BCUT2D eigenvalue weighted by Crippen LogP contribution is -2.05. The van der Waals surface area contributed by atoms with Crippen LogP contribution in [0.3, 0.4) is 0 Å². The first-order valence-electron chi connectivity index (χ1n) is 9.21. The van der Waals surface area contributed by atoms with Crippen molar-refractivity contribution >= 4 is 11.0 Å². The van der Waals surface area contributed by atoms with E-state index < -0.39 is 0 Å². The third-order valence-corrected chi connectivity index (χ3v) is 4.67. The van der Waals surface area contributed by atoms with Gasteiger partial charge in [0.15, 0.2) is 0 Å². The summed E-state index contributed by atoms with van der Waals surface area (Å²) in [5.74, 6) is 2.61. The molecule has 0 atom stereocenters. The number of aryl methyl sites for hydroxylation is 3. The molecule has 0 N–H and O–H groups in total. The van der Waals surface area contributed by atoms with E-state index in [-0.39, 0.29) is 0 Å². The molecule has 3 heteroatoms. The van der Waals surface area contributed by atoms with Gasteiger partial charge in [-0.2, -0.15) is 0 Å². The number of rotatable bonds is 7. The topological polar surface area (TPSA) is 27.1 Å². The minimum atomic E-state index is 0.482. The maximum Gasteiger partial charge on any atom is 0.122 e. The summed E-state index contributed by atoms with van der Waals surface area (Å²) < 4.78 is 8.40. The molecule has 0 aliphatic heterocycles. The fourth-order valence-electron chi connectivity index (χ4n) is 3.28. The van der Waals surface area contributed by atoms with Crippen LogP contribution in [0.15, 0.2) is 42.5 Å². The molecule has 0 saturated carbocycles. The van der Waals surface area contributed by atoms with Crippen LogP contribution in [0.4, 0.5) is 0 Å². The van der Waals surface area contributed by atoms with Crippen LogP contribution >= 0.6 is 0 Å². The van der Waals surface area contributed by atoms with Crippen molar-refractivity contribution in [1.82, 2.24) is 9.55 Å². The van der Waals surface area contributed by atoms with Gasteiger partial charge in [-0.1, -0.05) is 38.1 Å². The number of imidazole rings is 1. The largest absolute Gasteiger partial charge is 0.493 e. The molecule has 25 heavy (non-hydrogen) atoms. The lowest BCUT2D eigenvalue weighted by molar-refractivity contribution is 0.299. The van der Waals surface area contributed by atoms with Crippen LogP contribution < -0.4 is 4.74 Å². The van der Waals surface area contributed by atoms with Gasteiger partial charge in [-0.15, -0.1) is 0 Å². The number of hydrogen-bond acceptors (Lipinski definition) is 2. The Morgan fingerprint density at radius 2 is 1.84 bits per heavy atom. The monoisotopic (exact) mass is 336 g/mol. The van der Waals surface area contributed by atoms with E-state index in [0.717, 1.165) is 43.1 Å². The van der Waals surface area contributed by atoms with Gasteiger partial charge in [-0.25, -0.2) is 4.98 Å². The van der Waals surface area contributed by atoms with Gasteiger partial charge in [0, 0.05) is 6.54 Å². The van der Waals surface area contributed by atoms with E-state index in [0.29, 0.717) is 5.92 Å². The number of ether oxygens (including phenoxy) is 1. The van der Waals surface area contributed by atoms with Crippen molar-refractivity contribution in [2.24, 2.45) is 0 Å². The fraction of sp³-hybridized carbons (Fsp3) is 0.409. The molecule has 2 aromatic carbocycles. The molecule has 0 amide bonds. The highest BCUT2D eigenvalue weighted by Crippen LogP contribution is 2.27. The highest BCUT2D eigenvalue weighted by atomic mass is 16.5. The minimum Gasteiger partial charge on any atom is -0.493 e. The van der Waals surface area contributed by atoms with Crippen LogP contribution in [0.5, 0.6) is 5.75 Å². The standard InChI is InChI=1S/C22H28N2O/c1-16(2)19-12-11-17(3)15-22(19)25-14-8-7-13-24-18(4)23-20-9-5-6-10-21(20)24/h5-6,9-12,15-16H,7-8,13-14H2,1-4H3. The van der Waals surface area contributed by atoms with E-state index in [9.17, 15) is 0 Å². The second kappa shape index (κ2) is 7.73. The van der Waals surface area contributed by atoms with Crippen molar-refractivity contribution in [2.75, 3.05) is 6.61 Å². The van der Waals surface area contributed by atoms with Gasteiger partial charge in [0.25, 0.3) is 0 Å². The molecule has 3 nitrogen and oxygen atoms in total. The molecule has 0 unspecified atom stereocenters. The maximum absolute atomic E-state index is 6.09. The summed E-state index contributed by atoms with van der Waals surface area (Å²) in [5.41, 5.74) is 4.85. The van der Waals surface area contributed by atoms with Gasteiger partial charge < -0.3 is 9.30 Å². The van der Waals surface area contributed by atoms with E-state index in [2.05, 4.69) is 73.6 Å². The molecule has 0 aliphatic carbocycles. The number of hydrogen-bond donors (Lipinski definition) is 0. The lowest BCUT2D eigenvalue weighted by atomic mass is 10.0. The van der Waals surface area contributed by atoms with E-state index >= 15 is 0 Å². The van der Waals surface area contributed by atoms with Gasteiger partial charge in [0.2, 0.25) is 0 Å². The summed E-state index contributed by atoms with van der Waals surface area (Å²) in [4.78, 5) is 4.63. The molecule has 0 saturated heterocycles. The molecular weight excluding hydrogens is 308 g/mol. The predicted octanol–water partition coefficient (Wildman–Crippen LogP) is 5.64. The van der Waals surface area contributed by atoms with Crippen molar-refractivity contribution in [3.8, 4) is 5.75 Å². The first-order chi connectivity index (χ1) is 12.1. The highest BCUT2D eigenvalue weighted by Gasteiger charge is 2.09. The second-order valence-electron chi connectivity index (χ2n) is 7.05. The number of aromatic nitrogens is 2. The first kappa shape index (κ1) is 17.5. The van der Waals surface area contributed by atoms with Crippen molar-refractivity contribution in [2.45, 2.75) is 53.0 Å². The number of para-hydroxylation sites is 2. The minimum absolute atomic E-state index is 0.482. The van der Waals surface area contributed by atoms with Crippen LogP contribution in [-0.2, 0) is 6.54 Å². The number of unbranched alkanes of at least 4 members (excludes halogenated alkanes) is 1. The van der Waals surface area contributed by atoms with E-state index in [1.807, 2.05) is 6.07 Å². The highest BCUT2D eigenvalue weighted by molar-refractivity contribution is 5.75. The summed E-state index contributed by atoms with van der Waals surface area (Å²) in [7, 11) is 0. The quantitative estimate of drug-likeness (QED) is 0.522. The average molecular weight is 336 g/mol. The Bertz CT molecular complexity index is 848. The Balaban J connectivity index is 1.56. The summed E-state index contributed by atoms with van der Waals surface area (Å²) in [6, 6.07) is 14.9. The molecule has 0 bridgehead atoms. The summed E-state index contributed by atoms with van der Waals surface area (Å²) in [6.45, 7) is 10.4. The van der Waals surface area contributed by atoms with Gasteiger partial charge in [0.1, 0.15) is 11.6 Å². The first-order valence-corrected chi connectivity index (χ1v) is 9.21. The number of benzene rings is 2. The SMILES string of the molecule is Cc1ccc(C(C)C)c(OCCCCn2c(C)nc3ccccc32)c1. The molecule has 132 valence electrons. The molecule has 3 aromatic rings. The molecule has 3 rings (SSSR count). The smallest absolute Gasteiger partial charge is 0.122 e. The predicted molar refractivity (Wildman–Crippen MR) is 104 cm³/mol. The van der Waals surface area contributed by atoms with Crippen molar-refractivity contribution in [1.29, 1.82) is 0 Å². The summed E-state index contributed by atoms with van der Waals surface area (Å²) >= 11 is 0.